The van der Waals surface area contributed by atoms with Gasteiger partial charge in [0.05, 0.1) is 5.02 Å². The van der Waals surface area contributed by atoms with Crippen molar-refractivity contribution >= 4 is 44.8 Å². The number of aryl methyl sites for hydroxylation is 1. The third kappa shape index (κ3) is 4.71. The van der Waals surface area contributed by atoms with E-state index >= 15 is 0 Å². The molecule has 2 rings (SSSR count). The van der Waals surface area contributed by atoms with Gasteiger partial charge in [0.2, 0.25) is 5.91 Å². The van der Waals surface area contributed by atoms with Crippen LogP contribution in [0.25, 0.3) is 0 Å². The fraction of sp³-hybridized carbons (Fsp3) is 0.188. The van der Waals surface area contributed by atoms with Gasteiger partial charge in [-0.3, -0.25) is 4.79 Å². The molecule has 2 aromatic carbocycles. The Balaban J connectivity index is 1.83. The lowest BCUT2D eigenvalue weighted by Crippen LogP contribution is -2.16. The Morgan fingerprint density at radius 3 is 2.73 bits per heavy atom. The summed E-state index contributed by atoms with van der Waals surface area (Å²) in [5.74, 6) is -0.677. The number of carbonyl (C=O) groups is 1. The molecule has 6 heteroatoms. The molecular formula is C16H15BrClFN2O. The summed E-state index contributed by atoms with van der Waals surface area (Å²) in [7, 11) is 0. The van der Waals surface area contributed by atoms with Crippen LogP contribution in [0.2, 0.25) is 5.02 Å². The first-order chi connectivity index (χ1) is 10.5. The molecule has 1 amide bonds. The van der Waals surface area contributed by atoms with Crippen molar-refractivity contribution in [2.24, 2.45) is 0 Å². The summed E-state index contributed by atoms with van der Waals surface area (Å²) in [6, 6.07) is 10.0. The number of benzene rings is 2. The SMILES string of the molecule is Cc1ccc(NCCC(=O)Nc2ccc(F)c(Cl)c2)c(Br)c1. The molecule has 0 unspecified atom stereocenters. The second kappa shape index (κ2) is 7.61. The highest BCUT2D eigenvalue weighted by Gasteiger charge is 2.06. The van der Waals surface area contributed by atoms with Crippen molar-refractivity contribution in [2.45, 2.75) is 13.3 Å². The van der Waals surface area contributed by atoms with Crippen LogP contribution in [-0.2, 0) is 4.79 Å². The molecule has 0 heterocycles. The van der Waals surface area contributed by atoms with Crippen molar-refractivity contribution in [1.82, 2.24) is 0 Å². The van der Waals surface area contributed by atoms with Crippen LogP contribution in [0.1, 0.15) is 12.0 Å². The van der Waals surface area contributed by atoms with Crippen molar-refractivity contribution < 1.29 is 9.18 Å². The monoisotopic (exact) mass is 384 g/mol. The number of halogens is 3. The minimum absolute atomic E-state index is 0.0143. The van der Waals surface area contributed by atoms with Gasteiger partial charge >= 0.3 is 0 Å². The summed E-state index contributed by atoms with van der Waals surface area (Å²) >= 11 is 9.14. The lowest BCUT2D eigenvalue weighted by molar-refractivity contribution is -0.115. The predicted octanol–water partition coefficient (Wildman–Crippen LogP) is 4.99. The van der Waals surface area contributed by atoms with Crippen molar-refractivity contribution in [3.63, 3.8) is 0 Å². The van der Waals surface area contributed by atoms with Gasteiger partial charge in [-0.1, -0.05) is 17.7 Å². The van der Waals surface area contributed by atoms with E-state index in [0.717, 1.165) is 15.7 Å². The molecule has 0 aliphatic heterocycles. The van der Waals surface area contributed by atoms with Crippen molar-refractivity contribution in [3.8, 4) is 0 Å². The fourth-order valence-corrected chi connectivity index (χ4v) is 2.69. The van der Waals surface area contributed by atoms with Gasteiger partial charge in [-0.2, -0.15) is 0 Å². The predicted molar refractivity (Wildman–Crippen MR) is 92.0 cm³/mol. The number of nitrogens with one attached hydrogen (secondary N) is 2. The summed E-state index contributed by atoms with van der Waals surface area (Å²) in [5.41, 5.74) is 2.57. The molecule has 3 nitrogen and oxygen atoms in total. The number of hydrogen-bond acceptors (Lipinski definition) is 2. The Hall–Kier alpha value is -1.59. The van der Waals surface area contributed by atoms with E-state index in [0.29, 0.717) is 12.2 Å². The molecule has 0 saturated heterocycles. The zero-order valence-corrected chi connectivity index (χ0v) is 14.3. The van der Waals surface area contributed by atoms with Gasteiger partial charge < -0.3 is 10.6 Å². The first-order valence-electron chi connectivity index (χ1n) is 6.70. The molecule has 0 radical (unpaired) electrons. The zero-order valence-electron chi connectivity index (χ0n) is 11.9. The van der Waals surface area contributed by atoms with E-state index in [4.69, 9.17) is 11.6 Å². The molecule has 0 aliphatic carbocycles. The molecule has 0 fully saturated rings. The van der Waals surface area contributed by atoms with Crippen LogP contribution >= 0.6 is 27.5 Å². The maximum absolute atomic E-state index is 13.0. The van der Waals surface area contributed by atoms with Gasteiger partial charge in [0, 0.05) is 28.8 Å². The molecule has 0 atom stereocenters. The number of amides is 1. The van der Waals surface area contributed by atoms with Crippen LogP contribution in [0.15, 0.2) is 40.9 Å². The summed E-state index contributed by atoms with van der Waals surface area (Å²) in [6.07, 6.45) is 0.287. The van der Waals surface area contributed by atoms with Crippen molar-refractivity contribution in [2.75, 3.05) is 17.2 Å². The van der Waals surface area contributed by atoms with Crippen LogP contribution in [0, 0.1) is 12.7 Å². The highest BCUT2D eigenvalue weighted by molar-refractivity contribution is 9.10. The van der Waals surface area contributed by atoms with Crippen LogP contribution in [0.4, 0.5) is 15.8 Å². The van der Waals surface area contributed by atoms with Crippen molar-refractivity contribution in [3.05, 3.63) is 57.3 Å². The number of anilines is 2. The number of carbonyl (C=O) groups excluding carboxylic acids is 1. The summed E-state index contributed by atoms with van der Waals surface area (Å²) in [6.45, 7) is 2.50. The highest BCUT2D eigenvalue weighted by Crippen LogP contribution is 2.23. The molecule has 116 valence electrons. The average molecular weight is 386 g/mol. The van der Waals surface area contributed by atoms with Gasteiger partial charge in [-0.05, 0) is 58.7 Å². The molecule has 0 spiro atoms. The smallest absolute Gasteiger partial charge is 0.226 e. The highest BCUT2D eigenvalue weighted by atomic mass is 79.9. The third-order valence-electron chi connectivity index (χ3n) is 3.00. The molecule has 0 bridgehead atoms. The Morgan fingerprint density at radius 1 is 1.27 bits per heavy atom. The van der Waals surface area contributed by atoms with Gasteiger partial charge in [0.15, 0.2) is 0 Å². The standard InChI is InChI=1S/C16H15BrClFN2O/c1-10-2-5-15(12(17)8-10)20-7-6-16(22)21-11-3-4-14(19)13(18)9-11/h2-5,8-9,20H,6-7H2,1H3,(H,21,22). The first-order valence-corrected chi connectivity index (χ1v) is 7.88. The van der Waals surface area contributed by atoms with E-state index in [9.17, 15) is 9.18 Å². The van der Waals surface area contributed by atoms with E-state index < -0.39 is 5.82 Å². The van der Waals surface area contributed by atoms with Crippen molar-refractivity contribution in [1.29, 1.82) is 0 Å². The van der Waals surface area contributed by atoms with Gasteiger partial charge in [-0.15, -0.1) is 0 Å². The Kier molecular flexibility index (Phi) is 5.80. The van der Waals surface area contributed by atoms with E-state index in [1.165, 1.54) is 18.2 Å². The Bertz CT molecular complexity index is 694. The topological polar surface area (TPSA) is 41.1 Å². The summed E-state index contributed by atoms with van der Waals surface area (Å²) in [5, 5.41) is 5.85. The molecule has 0 aliphatic rings. The molecule has 0 saturated carbocycles. The van der Waals surface area contributed by atoms with Crippen LogP contribution < -0.4 is 10.6 Å². The molecule has 0 aromatic heterocycles. The second-order valence-corrected chi connectivity index (χ2v) is 6.10. The van der Waals surface area contributed by atoms with E-state index in [1.807, 2.05) is 25.1 Å². The summed E-state index contributed by atoms with van der Waals surface area (Å²) < 4.78 is 14.0. The minimum Gasteiger partial charge on any atom is -0.384 e. The Morgan fingerprint density at radius 2 is 2.05 bits per heavy atom. The average Bonchev–Trinajstić information content (AvgIpc) is 2.45. The maximum Gasteiger partial charge on any atom is 0.226 e. The number of rotatable bonds is 5. The molecule has 2 N–H and O–H groups in total. The van der Waals surface area contributed by atoms with E-state index in [2.05, 4.69) is 26.6 Å². The second-order valence-electron chi connectivity index (χ2n) is 4.84. The lowest BCUT2D eigenvalue weighted by Gasteiger charge is -2.10. The summed E-state index contributed by atoms with van der Waals surface area (Å²) in [4.78, 5) is 11.8. The molecule has 22 heavy (non-hydrogen) atoms. The number of hydrogen-bond donors (Lipinski definition) is 2. The van der Waals surface area contributed by atoms with Gasteiger partial charge in [0.1, 0.15) is 5.82 Å². The largest absolute Gasteiger partial charge is 0.384 e. The van der Waals surface area contributed by atoms with Gasteiger partial charge in [0.25, 0.3) is 0 Å². The minimum atomic E-state index is -0.509. The van der Waals surface area contributed by atoms with E-state index in [1.54, 1.807) is 0 Å². The molecule has 2 aromatic rings. The van der Waals surface area contributed by atoms with Crippen LogP contribution in [0.3, 0.4) is 0 Å². The van der Waals surface area contributed by atoms with E-state index in [-0.39, 0.29) is 17.4 Å². The fourth-order valence-electron chi connectivity index (χ4n) is 1.87. The van der Waals surface area contributed by atoms with Crippen LogP contribution in [0.5, 0.6) is 0 Å². The lowest BCUT2D eigenvalue weighted by atomic mass is 10.2. The normalized spacial score (nSPS) is 10.4. The quantitative estimate of drug-likeness (QED) is 0.761. The third-order valence-corrected chi connectivity index (χ3v) is 3.94. The Labute approximate surface area is 142 Å². The van der Waals surface area contributed by atoms with Gasteiger partial charge in [-0.25, -0.2) is 4.39 Å². The van der Waals surface area contributed by atoms with Crippen LogP contribution in [-0.4, -0.2) is 12.5 Å². The maximum atomic E-state index is 13.0. The molecular weight excluding hydrogens is 371 g/mol. The zero-order chi connectivity index (χ0) is 16.1. The first kappa shape index (κ1) is 16.8.